The predicted molar refractivity (Wildman–Crippen MR) is 88.6 cm³/mol. The number of aromatic amines is 1. The lowest BCUT2D eigenvalue weighted by Gasteiger charge is -2.24. The lowest BCUT2D eigenvalue weighted by Crippen LogP contribution is -2.42. The lowest BCUT2D eigenvalue weighted by molar-refractivity contribution is -0.116. The van der Waals surface area contributed by atoms with Gasteiger partial charge in [-0.05, 0) is 12.3 Å². The second kappa shape index (κ2) is 8.03. The summed E-state index contributed by atoms with van der Waals surface area (Å²) in [6.07, 6.45) is 1.54. The molecule has 0 bridgehead atoms. The second-order valence-corrected chi connectivity index (χ2v) is 5.80. The number of aromatic nitrogens is 2. The molecule has 3 N–H and O–H groups in total. The summed E-state index contributed by atoms with van der Waals surface area (Å²) in [5.74, 6) is -0.517. The molecule has 22 heavy (non-hydrogen) atoms. The molecule has 1 rings (SSSR count). The minimum absolute atomic E-state index is 0.000602. The van der Waals surface area contributed by atoms with E-state index in [1.165, 1.54) is 9.47 Å². The average Bonchev–Trinajstić information content (AvgIpc) is 2.45. The molecule has 0 atom stereocenters. The van der Waals surface area contributed by atoms with Crippen LogP contribution in [0.4, 0.5) is 11.5 Å². The molecule has 1 amide bonds. The molecule has 0 saturated carbocycles. The molecule has 0 aliphatic heterocycles. The molecule has 0 unspecified atom stereocenters. The van der Waals surface area contributed by atoms with Crippen LogP contribution in [0.15, 0.2) is 9.59 Å². The highest BCUT2D eigenvalue weighted by molar-refractivity contribution is 6.29. The zero-order valence-corrected chi connectivity index (χ0v) is 13.9. The van der Waals surface area contributed by atoms with E-state index in [4.69, 9.17) is 17.3 Å². The Hall–Kier alpha value is -1.76. The average molecular weight is 331 g/mol. The number of hydrogen-bond donors (Lipinski definition) is 2. The number of nitrogens with zero attached hydrogens (tertiary/aromatic N) is 2. The highest BCUT2D eigenvalue weighted by atomic mass is 35.5. The van der Waals surface area contributed by atoms with E-state index in [0.717, 1.165) is 6.42 Å². The largest absolute Gasteiger partial charge is 0.383 e. The van der Waals surface area contributed by atoms with Crippen LogP contribution in [0.5, 0.6) is 0 Å². The number of H-pyrrole nitrogens is 1. The van der Waals surface area contributed by atoms with Gasteiger partial charge in [0.1, 0.15) is 11.7 Å². The summed E-state index contributed by atoms with van der Waals surface area (Å²) in [5, 5.41) is 0. The highest BCUT2D eigenvalue weighted by Crippen LogP contribution is 2.18. The molecular formula is C14H23ClN4O3. The number of halogens is 1. The van der Waals surface area contributed by atoms with Gasteiger partial charge in [0.05, 0.1) is 0 Å². The first-order chi connectivity index (χ1) is 10.3. The predicted octanol–water partition coefficient (Wildman–Crippen LogP) is 1.15. The third kappa shape index (κ3) is 4.13. The molecule has 0 spiro atoms. The van der Waals surface area contributed by atoms with E-state index in [9.17, 15) is 14.4 Å². The van der Waals surface area contributed by atoms with E-state index >= 15 is 0 Å². The molecular weight excluding hydrogens is 308 g/mol. The van der Waals surface area contributed by atoms with Crippen molar-refractivity contribution in [1.29, 1.82) is 0 Å². The van der Waals surface area contributed by atoms with Gasteiger partial charge >= 0.3 is 5.69 Å². The number of anilines is 2. The Bertz CT molecular complexity index is 636. The maximum atomic E-state index is 12.1. The zero-order valence-electron chi connectivity index (χ0n) is 13.2. The smallest absolute Gasteiger partial charge is 0.330 e. The lowest BCUT2D eigenvalue weighted by atomic mass is 10.2. The molecule has 0 saturated heterocycles. The fraction of sp³-hybridized carbons (Fsp3) is 0.643. The topological polar surface area (TPSA) is 101 Å². The molecule has 124 valence electrons. The molecule has 0 radical (unpaired) electrons. The van der Waals surface area contributed by atoms with Gasteiger partial charge in [0.15, 0.2) is 5.69 Å². The van der Waals surface area contributed by atoms with Gasteiger partial charge < -0.3 is 10.6 Å². The Balaban J connectivity index is 3.45. The minimum Gasteiger partial charge on any atom is -0.383 e. The maximum absolute atomic E-state index is 12.1. The Morgan fingerprint density at radius 3 is 2.55 bits per heavy atom. The first kappa shape index (κ1) is 18.3. The van der Waals surface area contributed by atoms with Gasteiger partial charge in [-0.1, -0.05) is 27.2 Å². The summed E-state index contributed by atoms with van der Waals surface area (Å²) in [6, 6.07) is 0. The van der Waals surface area contributed by atoms with Gasteiger partial charge in [0.2, 0.25) is 5.91 Å². The Morgan fingerprint density at radius 1 is 1.41 bits per heavy atom. The highest BCUT2D eigenvalue weighted by Gasteiger charge is 2.23. The van der Waals surface area contributed by atoms with Gasteiger partial charge in [-0.2, -0.15) is 0 Å². The van der Waals surface area contributed by atoms with Crippen molar-refractivity contribution in [1.82, 2.24) is 9.55 Å². The molecule has 7 nitrogen and oxygen atoms in total. The number of carbonyl (C=O) groups excluding carboxylic acids is 1. The number of carbonyl (C=O) groups is 1. The van der Waals surface area contributed by atoms with E-state index in [0.29, 0.717) is 19.5 Å². The Labute approximate surface area is 134 Å². The van der Waals surface area contributed by atoms with Crippen molar-refractivity contribution in [3.63, 3.8) is 0 Å². The minimum atomic E-state index is -0.669. The molecule has 0 aromatic carbocycles. The molecule has 0 aliphatic carbocycles. The van der Waals surface area contributed by atoms with Crippen LogP contribution in [0.2, 0.25) is 0 Å². The number of hydrogen-bond acceptors (Lipinski definition) is 4. The van der Waals surface area contributed by atoms with E-state index in [2.05, 4.69) is 4.98 Å². The summed E-state index contributed by atoms with van der Waals surface area (Å²) in [4.78, 5) is 39.6. The first-order valence-electron chi connectivity index (χ1n) is 7.32. The molecule has 1 heterocycles. The van der Waals surface area contributed by atoms with Crippen molar-refractivity contribution in [3.05, 3.63) is 20.8 Å². The summed E-state index contributed by atoms with van der Waals surface area (Å²) in [5.41, 5.74) is 4.76. The molecule has 8 heteroatoms. The van der Waals surface area contributed by atoms with Crippen molar-refractivity contribution in [2.75, 3.05) is 23.1 Å². The molecule has 0 aliphatic rings. The van der Waals surface area contributed by atoms with Crippen LogP contribution in [0.1, 0.15) is 33.6 Å². The molecule has 1 aromatic rings. The molecule has 1 aromatic heterocycles. The van der Waals surface area contributed by atoms with Crippen LogP contribution in [0.25, 0.3) is 0 Å². The van der Waals surface area contributed by atoms with Crippen LogP contribution in [-0.4, -0.2) is 27.9 Å². The van der Waals surface area contributed by atoms with E-state index in [-0.39, 0.29) is 23.3 Å². The van der Waals surface area contributed by atoms with Crippen molar-refractivity contribution < 1.29 is 4.79 Å². The third-order valence-electron chi connectivity index (χ3n) is 3.18. The number of unbranched alkanes of at least 4 members (excludes halogenated alkanes) is 1. The van der Waals surface area contributed by atoms with Gasteiger partial charge in [0, 0.05) is 13.1 Å². The SMILES string of the molecule is CCCCN(C(=O)CCl)c1c(N)n(CC(C)C)c(=O)[nH]c1=O. The van der Waals surface area contributed by atoms with Gasteiger partial charge in [-0.25, -0.2) is 4.79 Å². The van der Waals surface area contributed by atoms with Crippen molar-refractivity contribution in [2.24, 2.45) is 5.92 Å². The summed E-state index contributed by atoms with van der Waals surface area (Å²) in [6.45, 7) is 6.50. The third-order valence-corrected chi connectivity index (χ3v) is 3.41. The zero-order chi connectivity index (χ0) is 16.9. The monoisotopic (exact) mass is 330 g/mol. The second-order valence-electron chi connectivity index (χ2n) is 5.53. The number of nitrogen functional groups attached to an aromatic ring is 1. The maximum Gasteiger partial charge on any atom is 0.330 e. The number of rotatable bonds is 7. The van der Waals surface area contributed by atoms with Gasteiger partial charge in [-0.3, -0.25) is 19.1 Å². The fourth-order valence-corrected chi connectivity index (χ4v) is 2.28. The summed E-state index contributed by atoms with van der Waals surface area (Å²) >= 11 is 5.62. The number of alkyl halides is 1. The number of amides is 1. The quantitative estimate of drug-likeness (QED) is 0.732. The Kier molecular flexibility index (Phi) is 6.67. The fourth-order valence-electron chi connectivity index (χ4n) is 2.13. The number of nitrogens with two attached hydrogens (primary N) is 1. The summed E-state index contributed by atoms with van der Waals surface area (Å²) in [7, 11) is 0. The standard InChI is InChI=1S/C14H23ClN4O3/c1-4-5-6-18(10(20)7-15)11-12(16)19(8-9(2)3)14(22)17-13(11)21/h9H,4-8,16H2,1-3H3,(H,17,21,22). The normalized spacial score (nSPS) is 11.0. The van der Waals surface area contributed by atoms with Crippen LogP contribution in [0.3, 0.4) is 0 Å². The first-order valence-corrected chi connectivity index (χ1v) is 7.85. The van der Waals surface area contributed by atoms with Crippen LogP contribution in [0, 0.1) is 5.92 Å². The van der Waals surface area contributed by atoms with Crippen LogP contribution < -0.4 is 21.9 Å². The van der Waals surface area contributed by atoms with Crippen molar-refractivity contribution in [3.8, 4) is 0 Å². The van der Waals surface area contributed by atoms with Crippen LogP contribution in [-0.2, 0) is 11.3 Å². The van der Waals surface area contributed by atoms with Gasteiger partial charge in [-0.15, -0.1) is 11.6 Å². The van der Waals surface area contributed by atoms with Crippen LogP contribution >= 0.6 is 11.6 Å². The van der Waals surface area contributed by atoms with Crippen molar-refractivity contribution >= 4 is 29.0 Å². The van der Waals surface area contributed by atoms with Gasteiger partial charge in [0.25, 0.3) is 5.56 Å². The van der Waals surface area contributed by atoms with Crippen molar-refractivity contribution in [2.45, 2.75) is 40.2 Å². The number of nitrogens with one attached hydrogen (secondary N) is 1. The summed E-state index contributed by atoms with van der Waals surface area (Å²) < 4.78 is 1.28. The van der Waals surface area contributed by atoms with E-state index < -0.39 is 17.2 Å². The Morgan fingerprint density at radius 2 is 2.05 bits per heavy atom. The molecule has 0 fully saturated rings. The van der Waals surface area contributed by atoms with E-state index in [1.807, 2.05) is 20.8 Å². The van der Waals surface area contributed by atoms with E-state index in [1.54, 1.807) is 0 Å².